The van der Waals surface area contributed by atoms with Crippen molar-refractivity contribution in [1.82, 2.24) is 4.57 Å². The first kappa shape index (κ1) is 12.5. The highest BCUT2D eigenvalue weighted by atomic mass is 16.3. The molecule has 0 atom stereocenters. The van der Waals surface area contributed by atoms with Crippen LogP contribution in [0.25, 0.3) is 22.2 Å². The summed E-state index contributed by atoms with van der Waals surface area (Å²) in [6, 6.07) is 14.8. The van der Waals surface area contributed by atoms with Crippen molar-refractivity contribution in [3.8, 4) is 11.3 Å². The van der Waals surface area contributed by atoms with E-state index >= 15 is 0 Å². The molecule has 21 heavy (non-hydrogen) atoms. The van der Waals surface area contributed by atoms with Crippen molar-refractivity contribution in [1.29, 1.82) is 0 Å². The van der Waals surface area contributed by atoms with E-state index in [2.05, 4.69) is 60.0 Å². The number of anilines is 1. The lowest BCUT2D eigenvalue weighted by molar-refractivity contribution is 0.282. The molecule has 106 valence electrons. The topological polar surface area (TPSA) is 28.4 Å². The zero-order valence-electron chi connectivity index (χ0n) is 12.3. The number of aliphatic hydroxyl groups is 1. The molecule has 1 aromatic heterocycles. The van der Waals surface area contributed by atoms with Crippen molar-refractivity contribution in [3.63, 3.8) is 0 Å². The Hall–Kier alpha value is -2.26. The van der Waals surface area contributed by atoms with Crippen LogP contribution < -0.4 is 4.90 Å². The van der Waals surface area contributed by atoms with Crippen LogP contribution in [0.15, 0.2) is 42.5 Å². The summed E-state index contributed by atoms with van der Waals surface area (Å²) in [7, 11) is 4.26. The lowest BCUT2D eigenvalue weighted by Crippen LogP contribution is -2.21. The Morgan fingerprint density at radius 2 is 1.90 bits per heavy atom. The summed E-state index contributed by atoms with van der Waals surface area (Å²) in [6.45, 7) is 0.991. The summed E-state index contributed by atoms with van der Waals surface area (Å²) >= 11 is 0. The minimum Gasteiger partial charge on any atom is -0.392 e. The molecule has 3 heteroatoms. The molecule has 3 nitrogen and oxygen atoms in total. The molecule has 0 amide bonds. The van der Waals surface area contributed by atoms with Gasteiger partial charge in [0.15, 0.2) is 0 Å². The number of fused-ring (bicyclic) bond motifs is 5. The van der Waals surface area contributed by atoms with Gasteiger partial charge in [0.05, 0.1) is 12.3 Å². The average molecular weight is 278 g/mol. The Labute approximate surface area is 124 Å². The van der Waals surface area contributed by atoms with Crippen molar-refractivity contribution < 1.29 is 5.11 Å². The van der Waals surface area contributed by atoms with E-state index in [4.69, 9.17) is 0 Å². The zero-order chi connectivity index (χ0) is 14.6. The third kappa shape index (κ3) is 1.64. The number of rotatable bonds is 1. The molecule has 0 radical (unpaired) electrons. The molecule has 1 N–H and O–H groups in total. The maximum absolute atomic E-state index is 9.40. The van der Waals surface area contributed by atoms with Crippen LogP contribution in [-0.2, 0) is 20.2 Å². The molecule has 0 bridgehead atoms. The Morgan fingerprint density at radius 3 is 2.71 bits per heavy atom. The highest BCUT2D eigenvalue weighted by Gasteiger charge is 2.25. The Morgan fingerprint density at radius 1 is 1.10 bits per heavy atom. The largest absolute Gasteiger partial charge is 0.392 e. The number of benzene rings is 2. The van der Waals surface area contributed by atoms with Crippen LogP contribution in [0.2, 0.25) is 0 Å². The van der Waals surface area contributed by atoms with E-state index in [1.54, 1.807) is 0 Å². The van der Waals surface area contributed by atoms with Crippen molar-refractivity contribution in [2.45, 2.75) is 13.2 Å². The van der Waals surface area contributed by atoms with Crippen molar-refractivity contribution in [2.75, 3.05) is 11.9 Å². The van der Waals surface area contributed by atoms with E-state index in [1.165, 1.54) is 33.4 Å². The fourth-order valence-electron chi connectivity index (χ4n) is 3.50. The maximum Gasteiger partial charge on any atom is 0.0682 e. The van der Waals surface area contributed by atoms with Gasteiger partial charge in [0.1, 0.15) is 0 Å². The van der Waals surface area contributed by atoms with Crippen LogP contribution in [0.1, 0.15) is 11.1 Å². The molecule has 0 saturated carbocycles. The Bertz CT molecular complexity index is 848. The quantitative estimate of drug-likeness (QED) is 0.740. The first-order valence-electron chi connectivity index (χ1n) is 7.22. The smallest absolute Gasteiger partial charge is 0.0682 e. The number of hydrogen-bond acceptors (Lipinski definition) is 2. The van der Waals surface area contributed by atoms with Crippen molar-refractivity contribution >= 4 is 16.6 Å². The van der Waals surface area contributed by atoms with Gasteiger partial charge in [-0.25, -0.2) is 0 Å². The van der Waals surface area contributed by atoms with Crippen LogP contribution in [-0.4, -0.2) is 16.7 Å². The summed E-state index contributed by atoms with van der Waals surface area (Å²) in [5, 5.41) is 10.7. The lowest BCUT2D eigenvalue weighted by atomic mass is 9.98. The number of aliphatic hydroxyl groups excluding tert-OH is 1. The number of para-hydroxylation sites is 1. The maximum atomic E-state index is 9.40. The SMILES string of the molecule is CN1Cc2c(n(C)c3ccc(CO)cc23)-c2ccccc21. The molecule has 0 aliphatic carbocycles. The molecular formula is C18H18N2O. The van der Waals surface area contributed by atoms with Crippen LogP contribution in [0.4, 0.5) is 5.69 Å². The third-order valence-corrected chi connectivity index (χ3v) is 4.52. The number of hydrogen-bond donors (Lipinski definition) is 1. The first-order chi connectivity index (χ1) is 10.2. The standard InChI is InChI=1S/C18H18N2O/c1-19-10-15-14-9-12(11-21)7-8-17(14)20(2)18(15)13-5-3-4-6-16(13)19/h3-9,21H,10-11H2,1-2H3. The molecule has 0 saturated heterocycles. The summed E-state index contributed by atoms with van der Waals surface area (Å²) in [5.74, 6) is 0. The fourth-order valence-corrected chi connectivity index (χ4v) is 3.50. The molecular weight excluding hydrogens is 260 g/mol. The molecule has 3 aromatic rings. The van der Waals surface area contributed by atoms with E-state index in [0.29, 0.717) is 0 Å². The van der Waals surface area contributed by atoms with Gasteiger partial charge < -0.3 is 14.6 Å². The number of aryl methyl sites for hydroxylation is 1. The molecule has 0 fully saturated rings. The normalized spacial score (nSPS) is 13.4. The second-order valence-electron chi connectivity index (χ2n) is 5.77. The molecule has 2 heterocycles. The van der Waals surface area contributed by atoms with Gasteiger partial charge in [-0.3, -0.25) is 0 Å². The fraction of sp³-hybridized carbons (Fsp3) is 0.222. The Balaban J connectivity index is 2.10. The minimum absolute atomic E-state index is 0.0893. The highest BCUT2D eigenvalue weighted by Crippen LogP contribution is 2.42. The third-order valence-electron chi connectivity index (χ3n) is 4.52. The zero-order valence-corrected chi connectivity index (χ0v) is 12.3. The van der Waals surface area contributed by atoms with Gasteiger partial charge in [-0.15, -0.1) is 0 Å². The first-order valence-corrected chi connectivity index (χ1v) is 7.22. The number of nitrogens with zero attached hydrogens (tertiary/aromatic N) is 2. The summed E-state index contributed by atoms with van der Waals surface area (Å²) in [5.41, 5.74) is 7.40. The predicted octanol–water partition coefficient (Wildman–Crippen LogP) is 3.29. The van der Waals surface area contributed by atoms with Gasteiger partial charge in [-0.2, -0.15) is 0 Å². The average Bonchev–Trinajstić information content (AvgIpc) is 2.80. The second kappa shape index (κ2) is 4.37. The lowest BCUT2D eigenvalue weighted by Gasteiger charge is -2.28. The van der Waals surface area contributed by atoms with Gasteiger partial charge in [0.25, 0.3) is 0 Å². The monoisotopic (exact) mass is 278 g/mol. The van der Waals surface area contributed by atoms with Crippen LogP contribution >= 0.6 is 0 Å². The van der Waals surface area contributed by atoms with Crippen molar-refractivity contribution in [2.24, 2.45) is 7.05 Å². The van der Waals surface area contributed by atoms with Crippen LogP contribution in [0, 0.1) is 0 Å². The van der Waals surface area contributed by atoms with Gasteiger partial charge >= 0.3 is 0 Å². The Kier molecular flexibility index (Phi) is 2.59. The number of aromatic nitrogens is 1. The second-order valence-corrected chi connectivity index (χ2v) is 5.77. The summed E-state index contributed by atoms with van der Waals surface area (Å²) in [6.07, 6.45) is 0. The summed E-state index contributed by atoms with van der Waals surface area (Å²) < 4.78 is 2.28. The van der Waals surface area contributed by atoms with Gasteiger partial charge in [0.2, 0.25) is 0 Å². The van der Waals surface area contributed by atoms with E-state index in [1.807, 2.05) is 6.07 Å². The van der Waals surface area contributed by atoms with Crippen LogP contribution in [0.3, 0.4) is 0 Å². The molecule has 0 spiro atoms. The predicted molar refractivity (Wildman–Crippen MR) is 86.4 cm³/mol. The highest BCUT2D eigenvalue weighted by molar-refractivity contribution is 5.96. The van der Waals surface area contributed by atoms with E-state index in [0.717, 1.165) is 12.1 Å². The molecule has 4 rings (SSSR count). The molecule has 1 aliphatic rings. The van der Waals surface area contributed by atoms with Gasteiger partial charge in [0, 0.05) is 48.4 Å². The van der Waals surface area contributed by atoms with E-state index < -0.39 is 0 Å². The summed E-state index contributed by atoms with van der Waals surface area (Å²) in [4.78, 5) is 2.29. The minimum atomic E-state index is 0.0893. The van der Waals surface area contributed by atoms with Crippen molar-refractivity contribution in [3.05, 3.63) is 53.6 Å². The van der Waals surface area contributed by atoms with Crippen LogP contribution in [0.5, 0.6) is 0 Å². The molecule has 2 aromatic carbocycles. The van der Waals surface area contributed by atoms with Gasteiger partial charge in [-0.05, 0) is 23.8 Å². The van der Waals surface area contributed by atoms with E-state index in [9.17, 15) is 5.11 Å². The molecule has 1 aliphatic heterocycles. The van der Waals surface area contributed by atoms with E-state index in [-0.39, 0.29) is 6.61 Å². The van der Waals surface area contributed by atoms with Gasteiger partial charge in [-0.1, -0.05) is 24.3 Å². The molecule has 0 unspecified atom stereocenters.